The molecule has 2 aromatic carbocycles. The van der Waals surface area contributed by atoms with Crippen LogP contribution in [0.5, 0.6) is 0 Å². The van der Waals surface area contributed by atoms with Gasteiger partial charge in [-0.15, -0.1) is 0 Å². The van der Waals surface area contributed by atoms with E-state index in [-0.39, 0.29) is 6.04 Å². The highest BCUT2D eigenvalue weighted by molar-refractivity contribution is 6.30. The molecule has 0 saturated heterocycles. The van der Waals surface area contributed by atoms with Crippen molar-refractivity contribution >= 4 is 34.1 Å². The number of nitrogens with one attached hydrogen (secondary N) is 1. The predicted octanol–water partition coefficient (Wildman–Crippen LogP) is 3.41. The van der Waals surface area contributed by atoms with Crippen LogP contribution in [0, 0.1) is 6.92 Å². The van der Waals surface area contributed by atoms with E-state index in [2.05, 4.69) is 10.3 Å². The lowest BCUT2D eigenvalue weighted by molar-refractivity contribution is 0.100. The molecule has 0 aliphatic carbocycles. The second-order valence-corrected chi connectivity index (χ2v) is 6.31. The van der Waals surface area contributed by atoms with Gasteiger partial charge in [-0.1, -0.05) is 35.9 Å². The first kappa shape index (κ1) is 17.2. The quantitative estimate of drug-likeness (QED) is 0.654. The molecule has 0 saturated carbocycles. The summed E-state index contributed by atoms with van der Waals surface area (Å²) in [6.45, 7) is 2.34. The summed E-state index contributed by atoms with van der Waals surface area (Å²) in [5.74, 6) is -0.502. The van der Waals surface area contributed by atoms with E-state index in [0.29, 0.717) is 22.6 Å². The maximum atomic E-state index is 11.7. The summed E-state index contributed by atoms with van der Waals surface area (Å²) >= 11 is 6.10. The Morgan fingerprint density at radius 3 is 2.72 bits per heavy atom. The smallest absolute Gasteiger partial charge is 0.250 e. The molecule has 5 N–H and O–H groups in total. The maximum absolute atomic E-state index is 11.7. The molecule has 0 fully saturated rings. The maximum Gasteiger partial charge on any atom is 0.250 e. The molecule has 3 rings (SSSR count). The average Bonchev–Trinajstić information content (AvgIpc) is 2.60. The summed E-state index contributed by atoms with van der Waals surface area (Å²) in [6.07, 6.45) is 1.72. The molecule has 1 aromatic heterocycles. The van der Waals surface area contributed by atoms with Gasteiger partial charge in [-0.2, -0.15) is 0 Å². The normalized spacial score (nSPS) is 12.1. The molecule has 1 amide bonds. The van der Waals surface area contributed by atoms with Gasteiger partial charge in [-0.05, 0) is 36.2 Å². The minimum Gasteiger partial charge on any atom is -0.376 e. The zero-order valence-electron chi connectivity index (χ0n) is 13.8. The van der Waals surface area contributed by atoms with Crippen LogP contribution in [0.1, 0.15) is 27.5 Å². The molecule has 0 spiro atoms. The summed E-state index contributed by atoms with van der Waals surface area (Å²) in [4.78, 5) is 16.1. The molecule has 1 unspecified atom stereocenters. The number of halogens is 1. The number of hydrogen-bond donors (Lipinski definition) is 3. The van der Waals surface area contributed by atoms with Crippen molar-refractivity contribution in [3.63, 3.8) is 0 Å². The first-order valence-electron chi connectivity index (χ1n) is 7.91. The molecule has 1 atom stereocenters. The van der Waals surface area contributed by atoms with Crippen LogP contribution in [0.2, 0.25) is 5.02 Å². The molecule has 3 aromatic rings. The molecule has 0 aliphatic heterocycles. The third-order valence-corrected chi connectivity index (χ3v) is 4.39. The fourth-order valence-electron chi connectivity index (χ4n) is 2.89. The number of rotatable bonds is 5. The number of aromatic nitrogens is 1. The third kappa shape index (κ3) is 3.43. The molecule has 0 aliphatic rings. The number of fused-ring (bicyclic) bond motifs is 1. The van der Waals surface area contributed by atoms with Crippen molar-refractivity contribution in [2.24, 2.45) is 11.5 Å². The molecule has 5 nitrogen and oxygen atoms in total. The van der Waals surface area contributed by atoms with Crippen LogP contribution >= 0.6 is 11.6 Å². The fraction of sp³-hybridized carbons (Fsp3) is 0.158. The Labute approximate surface area is 151 Å². The number of nitrogens with zero attached hydrogens (tertiary/aromatic N) is 1. The average molecular weight is 355 g/mol. The molecular formula is C19H19ClN4O. The lowest BCUT2D eigenvalue weighted by Gasteiger charge is -2.22. The van der Waals surface area contributed by atoms with Crippen molar-refractivity contribution in [1.29, 1.82) is 0 Å². The van der Waals surface area contributed by atoms with E-state index < -0.39 is 5.91 Å². The van der Waals surface area contributed by atoms with E-state index in [1.165, 1.54) is 0 Å². The van der Waals surface area contributed by atoms with Gasteiger partial charge in [0.1, 0.15) is 0 Å². The summed E-state index contributed by atoms with van der Waals surface area (Å²) < 4.78 is 0. The number of carbonyl (C=O) groups is 1. The van der Waals surface area contributed by atoms with E-state index >= 15 is 0 Å². The third-order valence-electron chi connectivity index (χ3n) is 4.16. The van der Waals surface area contributed by atoms with Crippen LogP contribution in [-0.4, -0.2) is 17.4 Å². The Kier molecular flexibility index (Phi) is 4.88. The standard InChI is InChI=1S/C19H19ClN4O/c1-11-10-23-18-14(6-3-7-15(18)19(22)25)17(11)24-16(9-21)12-4-2-5-13(20)8-12/h2-8,10,16H,9,21H2,1H3,(H2,22,25)(H,23,24). The van der Waals surface area contributed by atoms with E-state index in [1.807, 2.05) is 37.3 Å². The van der Waals surface area contributed by atoms with Gasteiger partial charge in [0.15, 0.2) is 0 Å². The topological polar surface area (TPSA) is 94.0 Å². The number of carbonyl (C=O) groups excluding carboxylic acids is 1. The number of para-hydroxylation sites is 1. The number of benzene rings is 2. The Bertz CT molecular complexity index is 942. The van der Waals surface area contributed by atoms with E-state index in [4.69, 9.17) is 23.1 Å². The largest absolute Gasteiger partial charge is 0.376 e. The van der Waals surface area contributed by atoms with Crippen molar-refractivity contribution < 1.29 is 4.79 Å². The minimum atomic E-state index is -0.502. The Balaban J connectivity index is 2.10. The van der Waals surface area contributed by atoms with Gasteiger partial charge in [0, 0.05) is 28.8 Å². The van der Waals surface area contributed by atoms with Crippen LogP contribution < -0.4 is 16.8 Å². The Hall–Kier alpha value is -2.63. The lowest BCUT2D eigenvalue weighted by atomic mass is 10.0. The van der Waals surface area contributed by atoms with E-state index in [1.54, 1.807) is 18.3 Å². The molecule has 128 valence electrons. The van der Waals surface area contributed by atoms with Crippen molar-refractivity contribution in [1.82, 2.24) is 4.98 Å². The predicted molar refractivity (Wildman–Crippen MR) is 102 cm³/mol. The van der Waals surface area contributed by atoms with Crippen LogP contribution in [0.3, 0.4) is 0 Å². The van der Waals surface area contributed by atoms with Gasteiger partial charge in [0.25, 0.3) is 5.91 Å². The Morgan fingerprint density at radius 2 is 2.04 bits per heavy atom. The summed E-state index contributed by atoms with van der Waals surface area (Å²) in [6, 6.07) is 12.8. The first-order chi connectivity index (χ1) is 12.0. The first-order valence-corrected chi connectivity index (χ1v) is 8.29. The number of amides is 1. The van der Waals surface area contributed by atoms with Crippen molar-refractivity contribution in [3.05, 3.63) is 70.4 Å². The summed E-state index contributed by atoms with van der Waals surface area (Å²) in [5.41, 5.74) is 15.2. The highest BCUT2D eigenvalue weighted by atomic mass is 35.5. The molecular weight excluding hydrogens is 336 g/mol. The lowest BCUT2D eigenvalue weighted by Crippen LogP contribution is -2.21. The van der Waals surface area contributed by atoms with Crippen LogP contribution in [-0.2, 0) is 0 Å². The number of aryl methyl sites for hydroxylation is 1. The van der Waals surface area contributed by atoms with Crippen molar-refractivity contribution in [2.45, 2.75) is 13.0 Å². The zero-order chi connectivity index (χ0) is 18.0. The molecule has 0 radical (unpaired) electrons. The van der Waals surface area contributed by atoms with Gasteiger partial charge in [-0.3, -0.25) is 9.78 Å². The zero-order valence-corrected chi connectivity index (χ0v) is 14.5. The fourth-order valence-corrected chi connectivity index (χ4v) is 3.09. The molecule has 25 heavy (non-hydrogen) atoms. The SMILES string of the molecule is Cc1cnc2c(C(N)=O)cccc2c1NC(CN)c1cccc(Cl)c1. The van der Waals surface area contributed by atoms with Crippen molar-refractivity contribution in [3.8, 4) is 0 Å². The van der Waals surface area contributed by atoms with Crippen LogP contribution in [0.4, 0.5) is 5.69 Å². The summed E-state index contributed by atoms with van der Waals surface area (Å²) in [7, 11) is 0. The van der Waals surface area contributed by atoms with Gasteiger partial charge < -0.3 is 16.8 Å². The number of nitrogens with two attached hydrogens (primary N) is 2. The van der Waals surface area contributed by atoms with Gasteiger partial charge >= 0.3 is 0 Å². The number of hydrogen-bond acceptors (Lipinski definition) is 4. The summed E-state index contributed by atoms with van der Waals surface area (Å²) in [5, 5.41) is 4.96. The van der Waals surface area contributed by atoms with Gasteiger partial charge in [0.2, 0.25) is 0 Å². The van der Waals surface area contributed by atoms with Crippen molar-refractivity contribution in [2.75, 3.05) is 11.9 Å². The molecule has 1 heterocycles. The van der Waals surface area contributed by atoms with Gasteiger partial charge in [-0.25, -0.2) is 0 Å². The van der Waals surface area contributed by atoms with Crippen LogP contribution in [0.15, 0.2) is 48.7 Å². The minimum absolute atomic E-state index is 0.125. The second kappa shape index (κ2) is 7.09. The van der Waals surface area contributed by atoms with Crippen LogP contribution in [0.25, 0.3) is 10.9 Å². The highest BCUT2D eigenvalue weighted by Crippen LogP contribution is 2.31. The number of anilines is 1. The van der Waals surface area contributed by atoms with Gasteiger partial charge in [0.05, 0.1) is 17.1 Å². The number of pyridine rings is 1. The second-order valence-electron chi connectivity index (χ2n) is 5.87. The molecule has 6 heteroatoms. The molecule has 0 bridgehead atoms. The highest BCUT2D eigenvalue weighted by Gasteiger charge is 2.16. The van der Waals surface area contributed by atoms with E-state index in [9.17, 15) is 4.79 Å². The Morgan fingerprint density at radius 1 is 1.28 bits per heavy atom. The van der Waals surface area contributed by atoms with E-state index in [0.717, 1.165) is 22.2 Å². The number of primary amides is 1. The monoisotopic (exact) mass is 354 g/mol.